The Morgan fingerprint density at radius 2 is 1.69 bits per heavy atom. The summed E-state index contributed by atoms with van der Waals surface area (Å²) in [7, 11) is 1.65. The van der Waals surface area contributed by atoms with Crippen LogP contribution in [0, 0.1) is 5.41 Å². The van der Waals surface area contributed by atoms with E-state index >= 15 is 0 Å². The van der Waals surface area contributed by atoms with Crippen LogP contribution in [0.1, 0.15) is 5.56 Å². The zero-order valence-electron chi connectivity index (χ0n) is 9.10. The van der Waals surface area contributed by atoms with Crippen molar-refractivity contribution in [1.82, 2.24) is 0 Å². The van der Waals surface area contributed by atoms with Crippen LogP contribution in [0.3, 0.4) is 0 Å². The highest BCUT2D eigenvalue weighted by Crippen LogP contribution is 2.24. The number of rotatable bonds is 3. The standard InChI is InChI=1S/C14H13NO/c1-16-13-8-6-11(7-9-13)14-5-3-2-4-12(14)10-15/h2-10,15H,1H3. The first-order chi connectivity index (χ1) is 7.85. The zero-order chi connectivity index (χ0) is 11.4. The lowest BCUT2D eigenvalue weighted by Gasteiger charge is -2.06. The summed E-state index contributed by atoms with van der Waals surface area (Å²) >= 11 is 0. The van der Waals surface area contributed by atoms with Crippen LogP contribution in [0.15, 0.2) is 48.5 Å². The van der Waals surface area contributed by atoms with Gasteiger partial charge in [0.15, 0.2) is 0 Å². The molecular formula is C14H13NO. The zero-order valence-corrected chi connectivity index (χ0v) is 9.10. The summed E-state index contributed by atoms with van der Waals surface area (Å²) in [4.78, 5) is 0. The first-order valence-corrected chi connectivity index (χ1v) is 5.09. The Bertz CT molecular complexity index is 488. The highest BCUT2D eigenvalue weighted by molar-refractivity contribution is 5.88. The van der Waals surface area contributed by atoms with Gasteiger partial charge in [0.1, 0.15) is 5.75 Å². The monoisotopic (exact) mass is 211 g/mol. The quantitative estimate of drug-likeness (QED) is 0.776. The van der Waals surface area contributed by atoms with Crippen LogP contribution in [0.2, 0.25) is 0 Å². The van der Waals surface area contributed by atoms with Gasteiger partial charge in [0.2, 0.25) is 0 Å². The lowest BCUT2D eigenvalue weighted by atomic mass is 10.0. The first kappa shape index (κ1) is 10.4. The number of methoxy groups -OCH3 is 1. The van der Waals surface area contributed by atoms with Gasteiger partial charge in [-0.25, -0.2) is 0 Å². The van der Waals surface area contributed by atoms with E-state index in [1.807, 2.05) is 48.5 Å². The average molecular weight is 211 g/mol. The second-order valence-corrected chi connectivity index (χ2v) is 3.46. The molecule has 80 valence electrons. The average Bonchev–Trinajstić information content (AvgIpc) is 2.39. The van der Waals surface area contributed by atoms with Crippen molar-refractivity contribution in [2.24, 2.45) is 0 Å². The van der Waals surface area contributed by atoms with Gasteiger partial charge in [-0.15, -0.1) is 0 Å². The fourth-order valence-electron chi connectivity index (χ4n) is 1.66. The van der Waals surface area contributed by atoms with E-state index in [2.05, 4.69) is 0 Å². The van der Waals surface area contributed by atoms with Crippen LogP contribution in [0.5, 0.6) is 5.75 Å². The summed E-state index contributed by atoms with van der Waals surface area (Å²) in [5, 5.41) is 7.36. The topological polar surface area (TPSA) is 33.1 Å². The molecule has 2 nitrogen and oxygen atoms in total. The molecule has 0 saturated carbocycles. The van der Waals surface area contributed by atoms with E-state index in [1.54, 1.807) is 7.11 Å². The minimum atomic E-state index is 0.844. The largest absolute Gasteiger partial charge is 0.497 e. The van der Waals surface area contributed by atoms with Crippen molar-refractivity contribution in [3.8, 4) is 16.9 Å². The van der Waals surface area contributed by atoms with Gasteiger partial charge in [0, 0.05) is 6.21 Å². The Morgan fingerprint density at radius 3 is 2.31 bits per heavy atom. The highest BCUT2D eigenvalue weighted by Gasteiger charge is 2.02. The molecule has 2 aromatic rings. The normalized spacial score (nSPS) is 9.81. The smallest absolute Gasteiger partial charge is 0.118 e. The Balaban J connectivity index is 2.46. The second kappa shape index (κ2) is 4.62. The minimum absolute atomic E-state index is 0.844. The summed E-state index contributed by atoms with van der Waals surface area (Å²) < 4.78 is 5.12. The van der Waals surface area contributed by atoms with E-state index in [0.29, 0.717) is 0 Å². The van der Waals surface area contributed by atoms with Crippen molar-refractivity contribution < 1.29 is 4.74 Å². The first-order valence-electron chi connectivity index (χ1n) is 5.09. The Labute approximate surface area is 95.0 Å². The molecule has 0 aromatic heterocycles. The van der Waals surface area contributed by atoms with Crippen molar-refractivity contribution in [3.05, 3.63) is 54.1 Å². The van der Waals surface area contributed by atoms with Gasteiger partial charge < -0.3 is 10.1 Å². The summed E-state index contributed by atoms with van der Waals surface area (Å²) in [6, 6.07) is 15.7. The van der Waals surface area contributed by atoms with Crippen LogP contribution in [-0.2, 0) is 0 Å². The molecule has 0 aliphatic carbocycles. The molecule has 0 heterocycles. The lowest BCUT2D eigenvalue weighted by molar-refractivity contribution is 0.415. The molecule has 0 aliphatic rings. The maximum atomic E-state index is 7.36. The molecule has 2 heteroatoms. The molecule has 0 radical (unpaired) electrons. The second-order valence-electron chi connectivity index (χ2n) is 3.46. The van der Waals surface area contributed by atoms with Gasteiger partial charge in [-0.3, -0.25) is 0 Å². The third-order valence-electron chi connectivity index (χ3n) is 2.52. The van der Waals surface area contributed by atoms with Crippen LogP contribution in [-0.4, -0.2) is 13.3 Å². The van der Waals surface area contributed by atoms with Gasteiger partial charge >= 0.3 is 0 Å². The van der Waals surface area contributed by atoms with Crippen molar-refractivity contribution in [2.45, 2.75) is 0 Å². The van der Waals surface area contributed by atoms with E-state index in [4.69, 9.17) is 10.1 Å². The molecule has 2 aromatic carbocycles. The molecule has 16 heavy (non-hydrogen) atoms. The van der Waals surface area contributed by atoms with Crippen LogP contribution >= 0.6 is 0 Å². The highest BCUT2D eigenvalue weighted by atomic mass is 16.5. The molecule has 0 aliphatic heterocycles. The van der Waals surface area contributed by atoms with Crippen molar-refractivity contribution in [3.63, 3.8) is 0 Å². The van der Waals surface area contributed by atoms with Crippen LogP contribution < -0.4 is 4.74 Å². The minimum Gasteiger partial charge on any atom is -0.497 e. The number of hydrogen-bond donors (Lipinski definition) is 1. The Kier molecular flexibility index (Phi) is 3.01. The van der Waals surface area contributed by atoms with Gasteiger partial charge in [0.25, 0.3) is 0 Å². The number of nitrogens with one attached hydrogen (secondary N) is 1. The van der Waals surface area contributed by atoms with E-state index in [1.165, 1.54) is 6.21 Å². The van der Waals surface area contributed by atoms with E-state index in [9.17, 15) is 0 Å². The SMILES string of the molecule is COc1ccc(-c2ccccc2C=N)cc1. The molecule has 2 rings (SSSR count). The maximum absolute atomic E-state index is 7.36. The van der Waals surface area contributed by atoms with Crippen molar-refractivity contribution in [1.29, 1.82) is 5.41 Å². The fourth-order valence-corrected chi connectivity index (χ4v) is 1.66. The third kappa shape index (κ3) is 1.96. The summed E-state index contributed by atoms with van der Waals surface area (Å²) in [6.45, 7) is 0. The van der Waals surface area contributed by atoms with Gasteiger partial charge in [0.05, 0.1) is 7.11 Å². The van der Waals surface area contributed by atoms with Crippen molar-refractivity contribution in [2.75, 3.05) is 7.11 Å². The summed E-state index contributed by atoms with van der Waals surface area (Å²) in [5.41, 5.74) is 3.09. The van der Waals surface area contributed by atoms with Gasteiger partial charge in [-0.1, -0.05) is 36.4 Å². The fraction of sp³-hybridized carbons (Fsp3) is 0.0714. The predicted octanol–water partition coefficient (Wildman–Crippen LogP) is 3.36. The molecule has 0 atom stereocenters. The van der Waals surface area contributed by atoms with Crippen LogP contribution in [0.25, 0.3) is 11.1 Å². The molecule has 0 amide bonds. The molecule has 0 spiro atoms. The van der Waals surface area contributed by atoms with E-state index < -0.39 is 0 Å². The summed E-state index contributed by atoms with van der Waals surface area (Å²) in [6.07, 6.45) is 1.37. The van der Waals surface area contributed by atoms with Crippen molar-refractivity contribution >= 4 is 6.21 Å². The molecule has 0 saturated heterocycles. The summed E-state index contributed by atoms with van der Waals surface area (Å²) in [5.74, 6) is 0.844. The Morgan fingerprint density at radius 1 is 1.00 bits per heavy atom. The Hall–Kier alpha value is -2.09. The third-order valence-corrected chi connectivity index (χ3v) is 2.52. The van der Waals surface area contributed by atoms with Gasteiger partial charge in [-0.2, -0.15) is 0 Å². The predicted molar refractivity (Wildman–Crippen MR) is 66.3 cm³/mol. The molecule has 0 fully saturated rings. The number of hydrogen-bond acceptors (Lipinski definition) is 2. The van der Waals surface area contributed by atoms with E-state index in [0.717, 1.165) is 22.4 Å². The van der Waals surface area contributed by atoms with Crippen LogP contribution in [0.4, 0.5) is 0 Å². The van der Waals surface area contributed by atoms with Gasteiger partial charge in [-0.05, 0) is 28.8 Å². The molecular weight excluding hydrogens is 198 g/mol. The molecule has 0 unspecified atom stereocenters. The number of benzene rings is 2. The maximum Gasteiger partial charge on any atom is 0.118 e. The lowest BCUT2D eigenvalue weighted by Crippen LogP contribution is -1.87. The number of ether oxygens (including phenoxy) is 1. The molecule has 1 N–H and O–H groups in total. The van der Waals surface area contributed by atoms with E-state index in [-0.39, 0.29) is 0 Å². The molecule has 0 bridgehead atoms.